The summed E-state index contributed by atoms with van der Waals surface area (Å²) in [6.45, 7) is 53.8. The number of hydrogen-bond donors (Lipinski definition) is 6. The Bertz CT molecular complexity index is 5610. The molecule has 15 heteroatoms. The van der Waals surface area contributed by atoms with Crippen molar-refractivity contribution in [3.63, 3.8) is 0 Å². The molecule has 0 aliphatic carbocycles. The quantitative estimate of drug-likeness (QED) is 0.0297. The van der Waals surface area contributed by atoms with E-state index in [1.165, 1.54) is 102 Å². The Morgan fingerprint density at radius 1 is 0.366 bits per heavy atom. The van der Waals surface area contributed by atoms with Gasteiger partial charge >= 0.3 is 0 Å². The molecule has 9 aromatic carbocycles. The predicted octanol–water partition coefficient (Wildman–Crippen LogP) is 30.3. The molecule has 134 heavy (non-hydrogen) atoms. The zero-order valence-corrected chi connectivity index (χ0v) is 93.2. The number of aliphatic hydroxyl groups is 6. The maximum absolute atomic E-state index is 9.47. The number of allylic oxidation sites excluding steroid dienone is 3. The molecule has 0 fully saturated rings. The fraction of sp³-hybridized carbons (Fsp3) is 0.353. The van der Waals surface area contributed by atoms with E-state index >= 15 is 0 Å². The summed E-state index contributed by atoms with van der Waals surface area (Å²) in [6, 6.07) is 90.1. The number of fused-ring (bicyclic) bond motifs is 4. The van der Waals surface area contributed by atoms with Crippen LogP contribution in [0.25, 0.3) is 99.9 Å². The number of hydrogen-bond acceptors (Lipinski definition) is 11. The number of benzene rings is 9. The van der Waals surface area contributed by atoms with Crippen LogP contribution in [0, 0.1) is 127 Å². The fourth-order valence-electron chi connectivity index (χ4n) is 14.5. The van der Waals surface area contributed by atoms with E-state index in [0.717, 1.165) is 103 Å². The normalized spacial score (nSPS) is 11.9. The Labute approximate surface area is 857 Å². The number of pyridine rings is 5. The van der Waals surface area contributed by atoms with E-state index in [4.69, 9.17) is 30.1 Å². The van der Waals surface area contributed by atoms with Crippen molar-refractivity contribution in [3.8, 4) is 56.3 Å². The average molecular weight is 2510 g/mol. The Hall–Kier alpha value is -9.13. The molecule has 5 heterocycles. The smallest absolute Gasteiger partial charge is 0.0933 e. The van der Waals surface area contributed by atoms with Crippen LogP contribution in [0.5, 0.6) is 0 Å². The van der Waals surface area contributed by atoms with E-state index in [-0.39, 0.29) is 104 Å². The maximum Gasteiger partial charge on any atom is 0.0933 e. The number of aryl methyl sites for hydroxylation is 8. The van der Waals surface area contributed by atoms with Gasteiger partial charge in [-0.2, -0.15) is 0 Å². The van der Waals surface area contributed by atoms with Crippen molar-refractivity contribution < 1.29 is 111 Å². The van der Waals surface area contributed by atoms with Gasteiger partial charge in [-0.3, -0.25) is 19.9 Å². The molecule has 722 valence electrons. The molecule has 14 aromatic rings. The van der Waals surface area contributed by atoms with Crippen molar-refractivity contribution in [1.29, 1.82) is 0 Å². The second-order valence-electron chi connectivity index (χ2n) is 37.5. The SMILES string of the molecule is CC(C)C(O)=CC(O)C(C)C.CC(C)CC(O)=CC(O)CC(C)C.CC(O)=CC(C)O.Cc1[c-]c(-c2ccc3c(C(C)C)cccc3n2)cc(C)c1.Cc1c[c-]c(-c2ccc3c(CC(C)C)cccc3n2)cc1C.Cc1c[c-]c(-c2ccc3c(CC(C)C)cccc3n2)cc1C.Cc1c[c-]c(-c2ccc3c(CC(C)C)cccc3n2)cc1C.[Ir].[Ir].[Ir].[Ir].[c-]1ccccc1-c1ccccn1. The summed E-state index contributed by atoms with van der Waals surface area (Å²) in [5.41, 5.74) is 30.1. The van der Waals surface area contributed by atoms with Crippen molar-refractivity contribution in [2.75, 3.05) is 0 Å². The van der Waals surface area contributed by atoms with Crippen LogP contribution in [0.3, 0.4) is 0 Å². The van der Waals surface area contributed by atoms with Gasteiger partial charge in [0.2, 0.25) is 0 Å². The minimum Gasteiger partial charge on any atom is -0.513 e. The third-order valence-electron chi connectivity index (χ3n) is 21.7. The number of rotatable bonds is 21. The molecule has 0 spiro atoms. The largest absolute Gasteiger partial charge is 0.513 e. The second-order valence-corrected chi connectivity index (χ2v) is 37.5. The zero-order valence-electron chi connectivity index (χ0n) is 83.7. The minimum atomic E-state index is -0.537. The van der Waals surface area contributed by atoms with Crippen LogP contribution in [-0.4, -0.2) is 73.9 Å². The summed E-state index contributed by atoms with van der Waals surface area (Å²) < 4.78 is 0. The van der Waals surface area contributed by atoms with Gasteiger partial charge in [0.25, 0.3) is 0 Å². The van der Waals surface area contributed by atoms with Crippen molar-refractivity contribution in [1.82, 2.24) is 24.9 Å². The summed E-state index contributed by atoms with van der Waals surface area (Å²) >= 11 is 0. The summed E-state index contributed by atoms with van der Waals surface area (Å²) in [4.78, 5) is 23.6. The number of aliphatic hydroxyl groups excluding tert-OH is 6. The van der Waals surface area contributed by atoms with E-state index in [1.807, 2.05) is 102 Å². The Morgan fingerprint density at radius 2 is 0.769 bits per heavy atom. The molecule has 0 saturated heterocycles. The van der Waals surface area contributed by atoms with E-state index in [9.17, 15) is 20.4 Å². The van der Waals surface area contributed by atoms with Gasteiger partial charge in [-0.05, 0) is 180 Å². The molecule has 3 atom stereocenters. The van der Waals surface area contributed by atoms with E-state index in [0.29, 0.717) is 54.1 Å². The van der Waals surface area contributed by atoms with Crippen molar-refractivity contribution in [2.24, 2.45) is 41.4 Å². The van der Waals surface area contributed by atoms with Gasteiger partial charge in [0.1, 0.15) is 0 Å². The molecule has 5 aromatic heterocycles. The summed E-state index contributed by atoms with van der Waals surface area (Å²) in [5, 5.41) is 59.4. The van der Waals surface area contributed by atoms with Gasteiger partial charge in [0.15, 0.2) is 0 Å². The third kappa shape index (κ3) is 39.9. The van der Waals surface area contributed by atoms with E-state index in [1.54, 1.807) is 19.2 Å². The molecular weight excluding hydrogens is 2360 g/mol. The first-order valence-electron chi connectivity index (χ1n) is 46.3. The Kier molecular flexibility index (Phi) is 53.1. The van der Waals surface area contributed by atoms with Gasteiger partial charge < -0.3 is 35.6 Å². The van der Waals surface area contributed by atoms with Crippen molar-refractivity contribution >= 4 is 43.6 Å². The number of nitrogens with zero attached hydrogens (tertiary/aromatic N) is 5. The first kappa shape index (κ1) is 119. The molecular formula is C119H144Ir4N5O6-5. The van der Waals surface area contributed by atoms with Crippen LogP contribution < -0.4 is 0 Å². The molecule has 0 amide bonds. The van der Waals surface area contributed by atoms with Crippen LogP contribution in [-0.2, 0) is 99.7 Å². The van der Waals surface area contributed by atoms with Crippen molar-refractivity contribution in [3.05, 3.63) is 351 Å². The summed E-state index contributed by atoms with van der Waals surface area (Å²) in [7, 11) is 0. The average Bonchev–Trinajstić information content (AvgIpc) is 0.809. The maximum atomic E-state index is 9.47. The summed E-state index contributed by atoms with van der Waals surface area (Å²) in [5.74, 6) is 4.36. The van der Waals surface area contributed by atoms with Crippen LogP contribution in [0.1, 0.15) is 210 Å². The van der Waals surface area contributed by atoms with E-state index in [2.05, 4.69) is 312 Å². The van der Waals surface area contributed by atoms with Crippen LogP contribution in [0.2, 0.25) is 0 Å². The number of aromatic nitrogens is 5. The molecule has 0 bridgehead atoms. The molecule has 3 unspecified atom stereocenters. The summed E-state index contributed by atoms with van der Waals surface area (Å²) in [6.07, 6.45) is 9.28. The van der Waals surface area contributed by atoms with Crippen molar-refractivity contribution in [2.45, 2.75) is 236 Å². The fourth-order valence-corrected chi connectivity index (χ4v) is 14.5. The molecule has 0 saturated carbocycles. The molecule has 0 aliphatic heterocycles. The van der Waals surface area contributed by atoms with Crippen LogP contribution in [0.4, 0.5) is 0 Å². The zero-order chi connectivity index (χ0) is 95.6. The Balaban J connectivity index is 0.000000401. The van der Waals surface area contributed by atoms with E-state index < -0.39 is 18.3 Å². The van der Waals surface area contributed by atoms with Crippen LogP contribution in [0.15, 0.2) is 254 Å². The van der Waals surface area contributed by atoms with Gasteiger partial charge in [-0.15, -0.1) is 175 Å². The van der Waals surface area contributed by atoms with Gasteiger partial charge in [0, 0.05) is 121 Å². The predicted molar refractivity (Wildman–Crippen MR) is 550 cm³/mol. The Morgan fingerprint density at radius 3 is 1.10 bits per heavy atom. The standard InChI is InChI=1S/3C21H22N.C20H20N.C11H8N.C11H22O2.C9H18O2.C5H10O2.4Ir/c3*1-14(2)12-17-6-5-7-21-19(17)10-11-20(22-21)18-9-8-15(3)16(4)13-18;1-13(2)17-6-5-7-20-18(17)8-9-19(21-20)16-11-14(3)10-15(4)12-16;1-2-6-10(7-3-1)11-8-4-5-9-12-11;1-8(2)5-10(12)7-11(13)6-9(3)4;1-6(2)8(10)5-9(11)7(3)4;1-4(6)3-5(2)7;;;;/h3*5-8,10-11,13-14H,12H2,1-4H3;5-11,13H,1-4H3;1-6,8-9H;7-10,12-13H,5-6H2,1-4H3;5-8,10-11H,1-4H3;3-4,6-7H,1-2H3;;;;/q5*-1;;;;;;;. The molecule has 11 nitrogen and oxygen atoms in total. The topological polar surface area (TPSA) is 186 Å². The van der Waals surface area contributed by atoms with Gasteiger partial charge in [-0.25, -0.2) is 0 Å². The first-order chi connectivity index (χ1) is 61.6. The first-order valence-corrected chi connectivity index (χ1v) is 46.3. The van der Waals surface area contributed by atoms with Gasteiger partial charge in [0.05, 0.1) is 57.7 Å². The molecule has 0 aliphatic rings. The molecule has 6 N–H and O–H groups in total. The third-order valence-corrected chi connectivity index (χ3v) is 21.7. The van der Waals surface area contributed by atoms with Gasteiger partial charge in [-0.1, -0.05) is 275 Å². The van der Waals surface area contributed by atoms with Crippen LogP contribution >= 0.6 is 0 Å². The second kappa shape index (κ2) is 59.8. The minimum absolute atomic E-state index is 0. The molecule has 14 rings (SSSR count). The molecule has 4 radical (unpaired) electrons. The monoisotopic (exact) mass is 2510 g/mol.